The van der Waals surface area contributed by atoms with Crippen molar-refractivity contribution in [2.75, 3.05) is 21.3 Å². The summed E-state index contributed by atoms with van der Waals surface area (Å²) >= 11 is 12.1. The van der Waals surface area contributed by atoms with E-state index in [4.69, 9.17) is 32.7 Å². The van der Waals surface area contributed by atoms with Gasteiger partial charge in [-0.1, -0.05) is 35.3 Å². The largest absolute Gasteiger partial charge is 0.493 e. The van der Waals surface area contributed by atoms with Crippen molar-refractivity contribution in [3.63, 3.8) is 0 Å². The van der Waals surface area contributed by atoms with Crippen LogP contribution in [0.5, 0.6) is 11.5 Å². The number of hydrogen-bond acceptors (Lipinski definition) is 3. The fraction of sp³-hybridized carbons (Fsp3) is 0.250. The van der Waals surface area contributed by atoms with Gasteiger partial charge in [0.1, 0.15) is 0 Å². The van der Waals surface area contributed by atoms with Gasteiger partial charge in [0, 0.05) is 19.7 Å². The van der Waals surface area contributed by atoms with Crippen molar-refractivity contribution in [2.24, 2.45) is 0 Å². The number of ether oxygens (including phenoxy) is 2. The maximum atomic E-state index is 12.4. The average molecular weight is 394 g/mol. The smallest absolute Gasteiger partial charge is 0.246 e. The number of nitrogens with zero attached hydrogens (tertiary/aromatic N) is 1. The van der Waals surface area contributed by atoms with Crippen molar-refractivity contribution in [1.82, 2.24) is 4.90 Å². The molecule has 0 aromatic heterocycles. The Balaban J connectivity index is 2.14. The van der Waals surface area contributed by atoms with E-state index in [2.05, 4.69) is 0 Å². The lowest BCUT2D eigenvalue weighted by Crippen LogP contribution is -2.24. The zero-order valence-corrected chi connectivity index (χ0v) is 16.7. The SMILES string of the molecule is COc1cc(C)c(CN(C)C(=O)/C=C/c2cccc(Cl)c2Cl)cc1OC. The molecule has 0 unspecified atom stereocenters. The fourth-order valence-electron chi connectivity index (χ4n) is 2.46. The monoisotopic (exact) mass is 393 g/mol. The predicted molar refractivity (Wildman–Crippen MR) is 106 cm³/mol. The van der Waals surface area contributed by atoms with Crippen LogP contribution in [0.25, 0.3) is 6.08 Å². The Kier molecular flexibility index (Phi) is 6.95. The molecule has 0 saturated carbocycles. The summed E-state index contributed by atoms with van der Waals surface area (Å²) in [5.41, 5.74) is 2.69. The van der Waals surface area contributed by atoms with Gasteiger partial charge in [-0.05, 0) is 47.9 Å². The molecule has 0 saturated heterocycles. The van der Waals surface area contributed by atoms with E-state index in [1.54, 1.807) is 50.4 Å². The second-order valence-corrected chi connectivity index (χ2v) is 6.59. The molecule has 4 nitrogen and oxygen atoms in total. The highest BCUT2D eigenvalue weighted by atomic mass is 35.5. The predicted octanol–water partition coefficient (Wildman–Crippen LogP) is 4.99. The summed E-state index contributed by atoms with van der Waals surface area (Å²) in [5.74, 6) is 1.16. The molecule has 2 aromatic carbocycles. The Morgan fingerprint density at radius 1 is 1.15 bits per heavy atom. The summed E-state index contributed by atoms with van der Waals surface area (Å²) in [5, 5.41) is 0.882. The first-order chi connectivity index (χ1) is 12.4. The topological polar surface area (TPSA) is 38.8 Å². The van der Waals surface area contributed by atoms with Gasteiger partial charge in [-0.25, -0.2) is 0 Å². The number of hydrogen-bond donors (Lipinski definition) is 0. The Morgan fingerprint density at radius 2 is 1.81 bits per heavy atom. The van der Waals surface area contributed by atoms with E-state index in [0.29, 0.717) is 33.7 Å². The second-order valence-electron chi connectivity index (χ2n) is 5.80. The van der Waals surface area contributed by atoms with E-state index < -0.39 is 0 Å². The van der Waals surface area contributed by atoms with E-state index in [9.17, 15) is 4.79 Å². The van der Waals surface area contributed by atoms with E-state index in [0.717, 1.165) is 11.1 Å². The van der Waals surface area contributed by atoms with Crippen LogP contribution in [0.15, 0.2) is 36.4 Å². The van der Waals surface area contributed by atoms with Gasteiger partial charge in [0.15, 0.2) is 11.5 Å². The van der Waals surface area contributed by atoms with Gasteiger partial charge in [0.05, 0.1) is 24.3 Å². The highest BCUT2D eigenvalue weighted by Gasteiger charge is 2.12. The van der Waals surface area contributed by atoms with E-state index in [1.165, 1.54) is 6.08 Å². The Morgan fingerprint density at radius 3 is 2.46 bits per heavy atom. The van der Waals surface area contributed by atoms with Gasteiger partial charge >= 0.3 is 0 Å². The quantitative estimate of drug-likeness (QED) is 0.648. The molecule has 0 bridgehead atoms. The maximum Gasteiger partial charge on any atom is 0.246 e. The Bertz CT molecular complexity index is 834. The molecule has 6 heteroatoms. The van der Waals surface area contributed by atoms with E-state index >= 15 is 0 Å². The third-order valence-corrected chi connectivity index (χ3v) is 4.85. The number of halogens is 2. The van der Waals surface area contributed by atoms with Crippen LogP contribution < -0.4 is 9.47 Å². The highest BCUT2D eigenvalue weighted by molar-refractivity contribution is 6.42. The zero-order chi connectivity index (χ0) is 19.3. The van der Waals surface area contributed by atoms with Crippen LogP contribution in [-0.2, 0) is 11.3 Å². The molecule has 0 aliphatic rings. The van der Waals surface area contributed by atoms with Crippen LogP contribution in [0.1, 0.15) is 16.7 Å². The standard InChI is InChI=1S/C20H21Cl2NO3/c1-13-10-17(25-3)18(26-4)11-15(13)12-23(2)19(24)9-8-14-6-5-7-16(21)20(14)22/h5-11H,12H2,1-4H3/b9-8+. The minimum Gasteiger partial charge on any atom is -0.493 e. The summed E-state index contributed by atoms with van der Waals surface area (Å²) in [7, 11) is 4.92. The number of methoxy groups -OCH3 is 2. The lowest BCUT2D eigenvalue weighted by molar-refractivity contribution is -0.125. The van der Waals surface area contributed by atoms with Crippen molar-refractivity contribution in [2.45, 2.75) is 13.5 Å². The van der Waals surface area contributed by atoms with Crippen LogP contribution in [0.4, 0.5) is 0 Å². The molecule has 0 aliphatic heterocycles. The summed E-state index contributed by atoms with van der Waals surface area (Å²) in [6, 6.07) is 9.07. The number of benzene rings is 2. The van der Waals surface area contributed by atoms with Gasteiger partial charge in [0.25, 0.3) is 0 Å². The number of likely N-dealkylation sites (N-methyl/N-ethyl adjacent to an activating group) is 1. The molecule has 26 heavy (non-hydrogen) atoms. The van der Waals surface area contributed by atoms with Crippen LogP contribution in [0.2, 0.25) is 10.0 Å². The average Bonchev–Trinajstić information content (AvgIpc) is 2.63. The number of amides is 1. The van der Waals surface area contributed by atoms with Crippen LogP contribution in [0, 0.1) is 6.92 Å². The molecule has 0 N–H and O–H groups in total. The first kappa shape index (κ1) is 20.1. The lowest BCUT2D eigenvalue weighted by Gasteiger charge is -2.18. The van der Waals surface area contributed by atoms with Gasteiger partial charge in [0.2, 0.25) is 5.91 Å². The number of carbonyl (C=O) groups excluding carboxylic acids is 1. The molecule has 0 radical (unpaired) electrons. The second kappa shape index (κ2) is 8.97. The van der Waals surface area contributed by atoms with E-state index in [-0.39, 0.29) is 5.91 Å². The minimum absolute atomic E-state index is 0.143. The first-order valence-electron chi connectivity index (χ1n) is 7.96. The number of rotatable bonds is 6. The van der Waals surface area contributed by atoms with Crippen molar-refractivity contribution in [3.05, 3.63) is 63.1 Å². The van der Waals surface area contributed by atoms with Gasteiger partial charge in [-0.15, -0.1) is 0 Å². The van der Waals surface area contributed by atoms with Crippen molar-refractivity contribution in [1.29, 1.82) is 0 Å². The molecule has 0 atom stereocenters. The molecule has 0 spiro atoms. The van der Waals surface area contributed by atoms with Crippen molar-refractivity contribution < 1.29 is 14.3 Å². The molecular weight excluding hydrogens is 373 g/mol. The minimum atomic E-state index is -0.143. The Labute approximate surface area is 163 Å². The summed E-state index contributed by atoms with van der Waals surface area (Å²) < 4.78 is 10.6. The lowest BCUT2D eigenvalue weighted by atomic mass is 10.1. The van der Waals surface area contributed by atoms with Crippen LogP contribution in [0.3, 0.4) is 0 Å². The first-order valence-corrected chi connectivity index (χ1v) is 8.71. The molecule has 0 heterocycles. The molecule has 0 aliphatic carbocycles. The molecule has 2 rings (SSSR count). The molecule has 1 amide bonds. The van der Waals surface area contributed by atoms with Crippen molar-refractivity contribution >= 4 is 35.2 Å². The Hall–Kier alpha value is -2.17. The van der Waals surface area contributed by atoms with Crippen LogP contribution >= 0.6 is 23.2 Å². The van der Waals surface area contributed by atoms with Gasteiger partial charge in [-0.2, -0.15) is 0 Å². The maximum absolute atomic E-state index is 12.4. The highest BCUT2D eigenvalue weighted by Crippen LogP contribution is 2.31. The third-order valence-electron chi connectivity index (χ3n) is 4.01. The molecule has 2 aromatic rings. The summed E-state index contributed by atoms with van der Waals surface area (Å²) in [6.45, 7) is 2.41. The molecule has 0 fully saturated rings. The number of carbonyl (C=O) groups is 1. The van der Waals surface area contributed by atoms with Gasteiger partial charge in [-0.3, -0.25) is 4.79 Å². The third kappa shape index (κ3) is 4.71. The van der Waals surface area contributed by atoms with E-state index in [1.807, 2.05) is 19.1 Å². The van der Waals surface area contributed by atoms with Gasteiger partial charge < -0.3 is 14.4 Å². The fourth-order valence-corrected chi connectivity index (χ4v) is 2.83. The van der Waals surface area contributed by atoms with Crippen molar-refractivity contribution in [3.8, 4) is 11.5 Å². The summed E-state index contributed by atoms with van der Waals surface area (Å²) in [6.07, 6.45) is 3.14. The number of aryl methyl sites for hydroxylation is 1. The molecule has 138 valence electrons. The normalized spacial score (nSPS) is 10.8. The molecular formula is C20H21Cl2NO3. The zero-order valence-electron chi connectivity index (χ0n) is 15.2. The van der Waals surface area contributed by atoms with Crippen LogP contribution in [-0.4, -0.2) is 32.1 Å². The summed E-state index contributed by atoms with van der Waals surface area (Å²) in [4.78, 5) is 14.0.